The minimum atomic E-state index is -0.284. The summed E-state index contributed by atoms with van der Waals surface area (Å²) in [5.41, 5.74) is 0. The van der Waals surface area contributed by atoms with Crippen LogP contribution >= 0.6 is 0 Å². The van der Waals surface area contributed by atoms with E-state index in [0.29, 0.717) is 12.4 Å². The van der Waals surface area contributed by atoms with Crippen molar-refractivity contribution in [3.05, 3.63) is 24.3 Å². The summed E-state index contributed by atoms with van der Waals surface area (Å²) in [6.45, 7) is 4.49. The maximum absolute atomic E-state index is 9.44. The summed E-state index contributed by atoms with van der Waals surface area (Å²) in [6, 6.07) is 6.88. The van der Waals surface area contributed by atoms with E-state index in [1.54, 1.807) is 18.2 Å². The molecule has 0 aliphatic heterocycles. The van der Waals surface area contributed by atoms with Gasteiger partial charge < -0.3 is 14.6 Å². The number of hydrogen-bond acceptors (Lipinski definition) is 3. The first-order valence-corrected chi connectivity index (χ1v) is 4.84. The Morgan fingerprint density at radius 1 is 1.29 bits per heavy atom. The van der Waals surface area contributed by atoms with Crippen LogP contribution in [0.3, 0.4) is 0 Å². The molecule has 0 bridgehead atoms. The van der Waals surface area contributed by atoms with E-state index in [-0.39, 0.29) is 12.0 Å². The molecule has 0 saturated heterocycles. The highest BCUT2D eigenvalue weighted by Gasteiger charge is 2.09. The molecule has 0 heterocycles. The minimum absolute atomic E-state index is 0.144. The number of rotatable bonds is 5. The maximum Gasteiger partial charge on any atom is 0.199 e. The van der Waals surface area contributed by atoms with Crippen molar-refractivity contribution >= 4 is 0 Å². The second-order valence-electron chi connectivity index (χ2n) is 2.88. The van der Waals surface area contributed by atoms with Crippen molar-refractivity contribution in [2.45, 2.75) is 26.6 Å². The third-order valence-electron chi connectivity index (χ3n) is 1.81. The van der Waals surface area contributed by atoms with E-state index in [0.717, 1.165) is 6.42 Å². The zero-order valence-electron chi connectivity index (χ0n) is 8.56. The van der Waals surface area contributed by atoms with Gasteiger partial charge in [0.15, 0.2) is 17.8 Å². The largest absolute Gasteiger partial charge is 0.504 e. The highest BCUT2D eigenvalue weighted by atomic mass is 16.7. The molecule has 1 aromatic carbocycles. The number of aromatic hydroxyl groups is 1. The molecule has 0 spiro atoms. The summed E-state index contributed by atoms with van der Waals surface area (Å²) in [5.74, 6) is 0.610. The van der Waals surface area contributed by atoms with Gasteiger partial charge in [-0.25, -0.2) is 0 Å². The fourth-order valence-electron chi connectivity index (χ4n) is 1.12. The lowest BCUT2D eigenvalue weighted by Gasteiger charge is -2.17. The van der Waals surface area contributed by atoms with E-state index in [1.807, 2.05) is 19.9 Å². The number of benzene rings is 1. The SMILES string of the molecule is CCOC(CC)Oc1ccccc1O. The van der Waals surface area contributed by atoms with Crippen LogP contribution in [0.4, 0.5) is 0 Å². The van der Waals surface area contributed by atoms with Gasteiger partial charge in [-0.2, -0.15) is 0 Å². The molecule has 0 radical (unpaired) electrons. The smallest absolute Gasteiger partial charge is 0.199 e. The molecule has 1 unspecified atom stereocenters. The van der Waals surface area contributed by atoms with Crippen molar-refractivity contribution in [1.29, 1.82) is 0 Å². The van der Waals surface area contributed by atoms with E-state index >= 15 is 0 Å². The molecule has 0 aliphatic rings. The minimum Gasteiger partial charge on any atom is -0.504 e. The summed E-state index contributed by atoms with van der Waals surface area (Å²) < 4.78 is 10.8. The molecule has 14 heavy (non-hydrogen) atoms. The van der Waals surface area contributed by atoms with Crippen molar-refractivity contribution in [2.24, 2.45) is 0 Å². The van der Waals surface area contributed by atoms with Gasteiger partial charge in [0.1, 0.15) is 0 Å². The molecule has 1 atom stereocenters. The third-order valence-corrected chi connectivity index (χ3v) is 1.81. The standard InChI is InChI=1S/C11H16O3/c1-3-11(13-4-2)14-10-8-6-5-7-9(10)12/h5-8,11-12H,3-4H2,1-2H3. The topological polar surface area (TPSA) is 38.7 Å². The van der Waals surface area contributed by atoms with E-state index in [1.165, 1.54) is 0 Å². The quantitative estimate of drug-likeness (QED) is 0.735. The van der Waals surface area contributed by atoms with Crippen LogP contribution in [-0.2, 0) is 4.74 Å². The fourth-order valence-corrected chi connectivity index (χ4v) is 1.12. The van der Waals surface area contributed by atoms with E-state index in [4.69, 9.17) is 9.47 Å². The monoisotopic (exact) mass is 196 g/mol. The van der Waals surface area contributed by atoms with Gasteiger partial charge in [-0.3, -0.25) is 0 Å². The van der Waals surface area contributed by atoms with Crippen LogP contribution in [-0.4, -0.2) is 18.0 Å². The lowest BCUT2D eigenvalue weighted by atomic mass is 10.3. The molecule has 0 aliphatic carbocycles. The van der Waals surface area contributed by atoms with Crippen molar-refractivity contribution in [1.82, 2.24) is 0 Å². The Morgan fingerprint density at radius 2 is 2.00 bits per heavy atom. The van der Waals surface area contributed by atoms with Gasteiger partial charge >= 0.3 is 0 Å². The predicted molar refractivity (Wildman–Crippen MR) is 54.4 cm³/mol. The second-order valence-corrected chi connectivity index (χ2v) is 2.88. The van der Waals surface area contributed by atoms with Crippen molar-refractivity contribution < 1.29 is 14.6 Å². The Balaban J connectivity index is 2.62. The molecule has 1 aromatic rings. The lowest BCUT2D eigenvalue weighted by Crippen LogP contribution is -2.19. The molecule has 3 nitrogen and oxygen atoms in total. The summed E-state index contributed by atoms with van der Waals surface area (Å²) >= 11 is 0. The van der Waals surface area contributed by atoms with Gasteiger partial charge in [0.2, 0.25) is 0 Å². The highest BCUT2D eigenvalue weighted by molar-refractivity contribution is 5.37. The van der Waals surface area contributed by atoms with E-state index in [2.05, 4.69) is 0 Å². The molecular formula is C11H16O3. The fraction of sp³-hybridized carbons (Fsp3) is 0.455. The average molecular weight is 196 g/mol. The van der Waals surface area contributed by atoms with Gasteiger partial charge in [-0.05, 0) is 19.1 Å². The van der Waals surface area contributed by atoms with Gasteiger partial charge in [-0.1, -0.05) is 19.1 Å². The Bertz CT molecular complexity index is 273. The lowest BCUT2D eigenvalue weighted by molar-refractivity contribution is -0.0776. The number of hydrogen-bond donors (Lipinski definition) is 1. The molecule has 3 heteroatoms. The second kappa shape index (κ2) is 5.50. The van der Waals surface area contributed by atoms with Crippen molar-refractivity contribution in [3.63, 3.8) is 0 Å². The molecule has 0 saturated carbocycles. The first-order valence-electron chi connectivity index (χ1n) is 4.84. The Hall–Kier alpha value is -1.22. The molecule has 1 rings (SSSR count). The number of ether oxygens (including phenoxy) is 2. The van der Waals surface area contributed by atoms with Gasteiger partial charge in [0, 0.05) is 13.0 Å². The van der Waals surface area contributed by atoms with Crippen LogP contribution in [0.15, 0.2) is 24.3 Å². The van der Waals surface area contributed by atoms with Gasteiger partial charge in [-0.15, -0.1) is 0 Å². The van der Waals surface area contributed by atoms with Crippen LogP contribution in [0.2, 0.25) is 0 Å². The zero-order chi connectivity index (χ0) is 10.4. The zero-order valence-corrected chi connectivity index (χ0v) is 8.56. The molecular weight excluding hydrogens is 180 g/mol. The third kappa shape index (κ3) is 2.92. The number of phenols is 1. The number of para-hydroxylation sites is 2. The molecule has 78 valence electrons. The van der Waals surface area contributed by atoms with E-state index in [9.17, 15) is 5.11 Å². The molecule has 0 fully saturated rings. The molecule has 1 N–H and O–H groups in total. The van der Waals surface area contributed by atoms with Crippen molar-refractivity contribution in [2.75, 3.05) is 6.61 Å². The van der Waals surface area contributed by atoms with Crippen LogP contribution in [0.25, 0.3) is 0 Å². The normalized spacial score (nSPS) is 12.4. The maximum atomic E-state index is 9.44. The molecule has 0 aromatic heterocycles. The first kappa shape index (κ1) is 10.9. The summed E-state index contributed by atoms with van der Waals surface area (Å²) in [7, 11) is 0. The van der Waals surface area contributed by atoms with Gasteiger partial charge in [0.25, 0.3) is 0 Å². The highest BCUT2D eigenvalue weighted by Crippen LogP contribution is 2.26. The van der Waals surface area contributed by atoms with Crippen molar-refractivity contribution in [3.8, 4) is 11.5 Å². The first-order chi connectivity index (χ1) is 6.77. The van der Waals surface area contributed by atoms with Gasteiger partial charge in [0.05, 0.1) is 0 Å². The van der Waals surface area contributed by atoms with Crippen LogP contribution in [0.1, 0.15) is 20.3 Å². The summed E-state index contributed by atoms with van der Waals surface area (Å²) in [6.07, 6.45) is 0.468. The summed E-state index contributed by atoms with van der Waals surface area (Å²) in [5, 5.41) is 9.44. The predicted octanol–water partition coefficient (Wildman–Crippen LogP) is 2.54. The Labute approximate surface area is 84.3 Å². The Morgan fingerprint density at radius 3 is 2.57 bits per heavy atom. The van der Waals surface area contributed by atoms with E-state index < -0.39 is 0 Å². The average Bonchev–Trinajstić information content (AvgIpc) is 2.20. The van der Waals surface area contributed by atoms with Crippen LogP contribution < -0.4 is 4.74 Å². The van der Waals surface area contributed by atoms with Crippen LogP contribution in [0, 0.1) is 0 Å². The summed E-state index contributed by atoms with van der Waals surface area (Å²) in [4.78, 5) is 0. The Kier molecular flexibility index (Phi) is 4.26. The molecule has 0 amide bonds. The number of phenolic OH excluding ortho intramolecular Hbond substituents is 1. The van der Waals surface area contributed by atoms with Crippen LogP contribution in [0.5, 0.6) is 11.5 Å².